The zero-order chi connectivity index (χ0) is 16.7. The van der Waals surface area contributed by atoms with Gasteiger partial charge in [0.25, 0.3) is 0 Å². The summed E-state index contributed by atoms with van der Waals surface area (Å²) >= 11 is 0. The molecule has 0 aliphatic rings. The Bertz CT molecular complexity index is 638. The summed E-state index contributed by atoms with van der Waals surface area (Å²) in [7, 11) is 1.59. The summed E-state index contributed by atoms with van der Waals surface area (Å²) in [6.07, 6.45) is 0. The zero-order valence-electron chi connectivity index (χ0n) is 13.7. The van der Waals surface area contributed by atoms with E-state index in [0.717, 1.165) is 25.2 Å². The van der Waals surface area contributed by atoms with Crippen LogP contribution >= 0.6 is 0 Å². The third-order valence-corrected chi connectivity index (χ3v) is 3.56. The second-order valence-electron chi connectivity index (χ2n) is 4.94. The van der Waals surface area contributed by atoms with Gasteiger partial charge in [0.1, 0.15) is 5.75 Å². The predicted octanol–water partition coefficient (Wildman–Crippen LogP) is 1.82. The summed E-state index contributed by atoms with van der Waals surface area (Å²) in [5, 5.41) is 6.63. The summed E-state index contributed by atoms with van der Waals surface area (Å²) in [5.41, 5.74) is 0.732. The first-order valence-corrected chi connectivity index (χ1v) is 7.66. The number of benzene rings is 1. The molecular weight excluding hydrogens is 296 g/mol. The zero-order valence-corrected chi connectivity index (χ0v) is 13.7. The normalized spacial score (nSPS) is 10.8. The van der Waals surface area contributed by atoms with Crippen molar-refractivity contribution >= 4 is 5.91 Å². The molecule has 2 rings (SSSR count). The van der Waals surface area contributed by atoms with Crippen LogP contribution in [0.2, 0.25) is 0 Å². The third kappa shape index (κ3) is 4.53. The van der Waals surface area contributed by atoms with E-state index in [1.165, 1.54) is 0 Å². The monoisotopic (exact) mass is 318 g/mol. The van der Waals surface area contributed by atoms with E-state index in [9.17, 15) is 4.79 Å². The van der Waals surface area contributed by atoms with Gasteiger partial charge in [-0.3, -0.25) is 4.79 Å². The Morgan fingerprint density at radius 3 is 2.83 bits per heavy atom. The van der Waals surface area contributed by atoms with E-state index in [0.29, 0.717) is 18.1 Å². The van der Waals surface area contributed by atoms with Gasteiger partial charge in [0.15, 0.2) is 0 Å². The number of rotatable bonds is 8. The van der Waals surface area contributed by atoms with Crippen molar-refractivity contribution < 1.29 is 14.1 Å². The first kappa shape index (κ1) is 17.0. The van der Waals surface area contributed by atoms with Crippen LogP contribution in [-0.4, -0.2) is 54.2 Å². The third-order valence-electron chi connectivity index (χ3n) is 3.56. The number of hydrogen-bond donors (Lipinski definition) is 1. The van der Waals surface area contributed by atoms with Gasteiger partial charge >= 0.3 is 11.8 Å². The molecule has 1 heterocycles. The van der Waals surface area contributed by atoms with Gasteiger partial charge in [-0.05, 0) is 25.2 Å². The Labute approximate surface area is 135 Å². The summed E-state index contributed by atoms with van der Waals surface area (Å²) in [4.78, 5) is 18.4. The number of aromatic nitrogens is 2. The van der Waals surface area contributed by atoms with Gasteiger partial charge in [-0.1, -0.05) is 31.1 Å². The number of nitrogens with one attached hydrogen (secondary N) is 1. The Morgan fingerprint density at radius 2 is 2.13 bits per heavy atom. The number of carbonyl (C=O) groups is 1. The standard InChI is InChI=1S/C16H22N4O3/c1-4-20(5-2)10-9-17-15(21)16-18-14(19-23-16)12-7-6-8-13(11-12)22-3/h6-8,11H,4-5,9-10H2,1-3H3,(H,17,21). The van der Waals surface area contributed by atoms with Gasteiger partial charge < -0.3 is 19.5 Å². The Kier molecular flexibility index (Phi) is 6.10. The van der Waals surface area contributed by atoms with E-state index in [4.69, 9.17) is 9.26 Å². The van der Waals surface area contributed by atoms with Crippen LogP contribution in [0.25, 0.3) is 11.4 Å². The summed E-state index contributed by atoms with van der Waals surface area (Å²) in [5.74, 6) is 0.650. The number of likely N-dealkylation sites (N-methyl/N-ethyl adjacent to an activating group) is 1. The molecule has 23 heavy (non-hydrogen) atoms. The Balaban J connectivity index is 1.97. The van der Waals surface area contributed by atoms with Crippen LogP contribution in [0.15, 0.2) is 28.8 Å². The van der Waals surface area contributed by atoms with Gasteiger partial charge in [0.05, 0.1) is 7.11 Å². The molecule has 7 nitrogen and oxygen atoms in total. The fourth-order valence-corrected chi connectivity index (χ4v) is 2.14. The van der Waals surface area contributed by atoms with Crippen LogP contribution < -0.4 is 10.1 Å². The SMILES string of the molecule is CCN(CC)CCNC(=O)c1nc(-c2cccc(OC)c2)no1. The number of methoxy groups -OCH3 is 1. The topological polar surface area (TPSA) is 80.5 Å². The Hall–Kier alpha value is -2.41. The lowest BCUT2D eigenvalue weighted by atomic mass is 10.2. The van der Waals surface area contributed by atoms with Crippen molar-refractivity contribution in [1.29, 1.82) is 0 Å². The molecule has 0 saturated carbocycles. The molecule has 1 N–H and O–H groups in total. The molecule has 1 aromatic carbocycles. The maximum Gasteiger partial charge on any atom is 0.316 e. The average Bonchev–Trinajstić information content (AvgIpc) is 3.09. The van der Waals surface area contributed by atoms with Gasteiger partial charge in [-0.15, -0.1) is 0 Å². The number of hydrogen-bond acceptors (Lipinski definition) is 6. The maximum atomic E-state index is 12.0. The minimum absolute atomic E-state index is 0.0395. The largest absolute Gasteiger partial charge is 0.497 e. The molecule has 0 aliphatic carbocycles. The Morgan fingerprint density at radius 1 is 1.35 bits per heavy atom. The van der Waals surface area contributed by atoms with Crippen molar-refractivity contribution in [1.82, 2.24) is 20.4 Å². The quantitative estimate of drug-likeness (QED) is 0.799. The molecule has 0 radical (unpaired) electrons. The molecule has 0 fully saturated rings. The lowest BCUT2D eigenvalue weighted by Crippen LogP contribution is -2.34. The molecule has 0 aliphatic heterocycles. The van der Waals surface area contributed by atoms with E-state index in [1.54, 1.807) is 13.2 Å². The van der Waals surface area contributed by atoms with Gasteiger partial charge in [0.2, 0.25) is 5.82 Å². The molecular formula is C16H22N4O3. The highest BCUT2D eigenvalue weighted by Gasteiger charge is 2.16. The van der Waals surface area contributed by atoms with E-state index in [2.05, 4.69) is 34.2 Å². The molecule has 0 saturated heterocycles. The fourth-order valence-electron chi connectivity index (χ4n) is 2.14. The van der Waals surface area contributed by atoms with Gasteiger partial charge in [-0.2, -0.15) is 4.98 Å². The van der Waals surface area contributed by atoms with Crippen molar-refractivity contribution in [3.63, 3.8) is 0 Å². The molecule has 7 heteroatoms. The van der Waals surface area contributed by atoms with Gasteiger partial charge in [0, 0.05) is 18.7 Å². The van der Waals surface area contributed by atoms with Crippen molar-refractivity contribution in [3.05, 3.63) is 30.2 Å². The first-order chi connectivity index (χ1) is 11.2. The molecule has 0 unspecified atom stereocenters. The lowest BCUT2D eigenvalue weighted by Gasteiger charge is -2.17. The van der Waals surface area contributed by atoms with Crippen molar-refractivity contribution in [3.8, 4) is 17.1 Å². The molecule has 124 valence electrons. The second kappa shape index (κ2) is 8.28. The fraction of sp³-hybridized carbons (Fsp3) is 0.438. The van der Waals surface area contributed by atoms with Crippen LogP contribution in [0.1, 0.15) is 24.5 Å². The van der Waals surface area contributed by atoms with E-state index in [1.807, 2.05) is 18.2 Å². The molecule has 0 spiro atoms. The van der Waals surface area contributed by atoms with E-state index < -0.39 is 0 Å². The molecule has 0 bridgehead atoms. The summed E-state index contributed by atoms with van der Waals surface area (Å²) < 4.78 is 10.2. The van der Waals surface area contributed by atoms with Gasteiger partial charge in [-0.25, -0.2) is 0 Å². The lowest BCUT2D eigenvalue weighted by molar-refractivity contribution is 0.0905. The van der Waals surface area contributed by atoms with Crippen LogP contribution in [0, 0.1) is 0 Å². The van der Waals surface area contributed by atoms with Crippen LogP contribution in [0.5, 0.6) is 5.75 Å². The molecule has 1 amide bonds. The minimum Gasteiger partial charge on any atom is -0.497 e. The number of amides is 1. The highest BCUT2D eigenvalue weighted by molar-refractivity contribution is 5.89. The predicted molar refractivity (Wildman–Crippen MR) is 86.4 cm³/mol. The van der Waals surface area contributed by atoms with Crippen molar-refractivity contribution in [2.75, 3.05) is 33.3 Å². The smallest absolute Gasteiger partial charge is 0.316 e. The highest BCUT2D eigenvalue weighted by Crippen LogP contribution is 2.21. The molecule has 2 aromatic rings. The van der Waals surface area contributed by atoms with E-state index >= 15 is 0 Å². The van der Waals surface area contributed by atoms with Crippen LogP contribution in [-0.2, 0) is 0 Å². The maximum absolute atomic E-state index is 12.0. The van der Waals surface area contributed by atoms with Crippen molar-refractivity contribution in [2.45, 2.75) is 13.8 Å². The summed E-state index contributed by atoms with van der Waals surface area (Å²) in [6.45, 7) is 7.40. The van der Waals surface area contributed by atoms with Crippen LogP contribution in [0.3, 0.4) is 0 Å². The average molecular weight is 318 g/mol. The molecule has 1 aromatic heterocycles. The number of nitrogens with zero attached hydrogens (tertiary/aromatic N) is 3. The molecule has 0 atom stereocenters. The van der Waals surface area contributed by atoms with E-state index in [-0.39, 0.29) is 11.8 Å². The highest BCUT2D eigenvalue weighted by atomic mass is 16.5. The minimum atomic E-state index is -0.362. The number of ether oxygens (including phenoxy) is 1. The first-order valence-electron chi connectivity index (χ1n) is 7.66. The summed E-state index contributed by atoms with van der Waals surface area (Å²) in [6, 6.07) is 7.26. The number of carbonyl (C=O) groups excluding carboxylic acids is 1. The second-order valence-corrected chi connectivity index (χ2v) is 4.94. The van der Waals surface area contributed by atoms with Crippen LogP contribution in [0.4, 0.5) is 0 Å². The van der Waals surface area contributed by atoms with Crippen molar-refractivity contribution in [2.24, 2.45) is 0 Å².